The van der Waals surface area contributed by atoms with Crippen LogP contribution in [0.25, 0.3) is 0 Å². The summed E-state index contributed by atoms with van der Waals surface area (Å²) in [6, 6.07) is 11.3. The predicted octanol–water partition coefficient (Wildman–Crippen LogP) is 3.08. The van der Waals surface area contributed by atoms with Crippen LogP contribution in [0, 0.1) is 0 Å². The molecule has 0 spiro atoms. The highest BCUT2D eigenvalue weighted by molar-refractivity contribution is 5.92. The molecule has 1 fully saturated rings. The van der Waals surface area contributed by atoms with Gasteiger partial charge in [0, 0.05) is 31.3 Å². The number of amides is 1. The average molecular weight is 378 g/mol. The first-order valence-corrected chi connectivity index (χ1v) is 9.38. The number of carbonyl (C=O) groups excluding carboxylic acids is 1. The summed E-state index contributed by atoms with van der Waals surface area (Å²) in [5, 5.41) is 7.72. The number of hydrogen-bond donors (Lipinski definition) is 0. The standard InChI is InChI=1S/C21H22N4O3/c1-27-19-9-3-2-6-15(19)12-17-13-22-20(28-17)16-7-5-11-25(14-16)21(26)18-8-4-10-23-24-18/h2-4,6,8-10,13,16H,5,7,11-12,14H2,1H3/t16-/m1/s1. The molecule has 3 aromatic rings. The fourth-order valence-electron chi connectivity index (χ4n) is 3.57. The van der Waals surface area contributed by atoms with E-state index in [1.807, 2.05) is 29.2 Å². The number of carbonyl (C=O) groups is 1. The zero-order chi connectivity index (χ0) is 19.3. The van der Waals surface area contributed by atoms with E-state index in [2.05, 4.69) is 15.2 Å². The Kier molecular flexibility index (Phi) is 5.32. The molecule has 0 unspecified atom stereocenters. The zero-order valence-electron chi connectivity index (χ0n) is 15.7. The maximum atomic E-state index is 12.7. The van der Waals surface area contributed by atoms with Gasteiger partial charge >= 0.3 is 0 Å². The molecule has 3 heterocycles. The fourth-order valence-corrected chi connectivity index (χ4v) is 3.57. The van der Waals surface area contributed by atoms with Gasteiger partial charge in [-0.25, -0.2) is 4.98 Å². The third kappa shape index (κ3) is 3.88. The number of para-hydroxylation sites is 1. The minimum absolute atomic E-state index is 0.0841. The number of hydrogen-bond acceptors (Lipinski definition) is 6. The highest BCUT2D eigenvalue weighted by Crippen LogP contribution is 2.29. The zero-order valence-corrected chi connectivity index (χ0v) is 15.7. The summed E-state index contributed by atoms with van der Waals surface area (Å²) in [7, 11) is 1.66. The van der Waals surface area contributed by atoms with Crippen LogP contribution in [-0.2, 0) is 6.42 Å². The van der Waals surface area contributed by atoms with Crippen LogP contribution < -0.4 is 4.74 Å². The van der Waals surface area contributed by atoms with E-state index in [1.54, 1.807) is 31.6 Å². The fraction of sp³-hybridized carbons (Fsp3) is 0.333. The van der Waals surface area contributed by atoms with E-state index >= 15 is 0 Å². The monoisotopic (exact) mass is 378 g/mol. The maximum absolute atomic E-state index is 12.7. The molecule has 2 aromatic heterocycles. The summed E-state index contributed by atoms with van der Waals surface area (Å²) >= 11 is 0. The van der Waals surface area contributed by atoms with E-state index in [1.165, 1.54) is 0 Å². The minimum Gasteiger partial charge on any atom is -0.496 e. The molecule has 4 rings (SSSR count). The molecule has 1 aliphatic heterocycles. The molecule has 28 heavy (non-hydrogen) atoms. The molecular weight excluding hydrogens is 356 g/mol. The van der Waals surface area contributed by atoms with Crippen LogP contribution in [0.15, 0.2) is 53.2 Å². The van der Waals surface area contributed by atoms with Gasteiger partial charge in [-0.15, -0.1) is 5.10 Å². The second kappa shape index (κ2) is 8.21. The molecule has 7 heteroatoms. The van der Waals surface area contributed by atoms with E-state index < -0.39 is 0 Å². The van der Waals surface area contributed by atoms with Gasteiger partial charge in [0.25, 0.3) is 5.91 Å². The first-order chi connectivity index (χ1) is 13.7. The van der Waals surface area contributed by atoms with Crippen molar-refractivity contribution < 1.29 is 13.9 Å². The number of likely N-dealkylation sites (tertiary alicyclic amines) is 1. The lowest BCUT2D eigenvalue weighted by molar-refractivity contribution is 0.0690. The van der Waals surface area contributed by atoms with E-state index in [4.69, 9.17) is 9.15 Å². The van der Waals surface area contributed by atoms with E-state index in [0.717, 1.165) is 29.9 Å². The second-order valence-electron chi connectivity index (χ2n) is 6.85. The Balaban J connectivity index is 1.45. The first-order valence-electron chi connectivity index (χ1n) is 9.38. The third-order valence-electron chi connectivity index (χ3n) is 4.98. The van der Waals surface area contributed by atoms with Crippen molar-refractivity contribution in [1.82, 2.24) is 20.1 Å². The minimum atomic E-state index is -0.0985. The predicted molar refractivity (Wildman–Crippen MR) is 102 cm³/mol. The summed E-state index contributed by atoms with van der Waals surface area (Å²) < 4.78 is 11.4. The molecule has 0 bridgehead atoms. The number of benzene rings is 1. The van der Waals surface area contributed by atoms with E-state index in [-0.39, 0.29) is 11.8 Å². The van der Waals surface area contributed by atoms with Crippen LogP contribution in [0.1, 0.15) is 46.5 Å². The third-order valence-corrected chi connectivity index (χ3v) is 4.98. The molecule has 1 aliphatic rings. The van der Waals surface area contributed by atoms with Crippen molar-refractivity contribution in [3.63, 3.8) is 0 Å². The Labute approximate surface area is 163 Å². The number of nitrogens with zero attached hydrogens (tertiary/aromatic N) is 4. The van der Waals surface area contributed by atoms with Gasteiger partial charge in [0.15, 0.2) is 11.6 Å². The normalized spacial score (nSPS) is 16.8. The van der Waals surface area contributed by atoms with Gasteiger partial charge in [-0.3, -0.25) is 4.79 Å². The maximum Gasteiger partial charge on any atom is 0.274 e. The van der Waals surface area contributed by atoms with Crippen LogP contribution in [0.4, 0.5) is 0 Å². The smallest absolute Gasteiger partial charge is 0.274 e. The summed E-state index contributed by atoms with van der Waals surface area (Å²) in [6.07, 6.45) is 5.79. The number of methoxy groups -OCH3 is 1. The number of ether oxygens (including phenoxy) is 1. The summed E-state index contributed by atoms with van der Waals surface area (Å²) in [5.41, 5.74) is 1.42. The van der Waals surface area contributed by atoms with Crippen LogP contribution in [-0.4, -0.2) is 46.2 Å². The van der Waals surface area contributed by atoms with Crippen LogP contribution in [0.3, 0.4) is 0 Å². The van der Waals surface area contributed by atoms with Gasteiger partial charge in [0.05, 0.1) is 19.2 Å². The molecular formula is C21H22N4O3. The van der Waals surface area contributed by atoms with E-state index in [9.17, 15) is 4.79 Å². The summed E-state index contributed by atoms with van der Waals surface area (Å²) in [4.78, 5) is 18.9. The van der Waals surface area contributed by atoms with Gasteiger partial charge in [-0.05, 0) is 31.0 Å². The average Bonchev–Trinajstić information content (AvgIpc) is 3.23. The Hall–Kier alpha value is -3.22. The van der Waals surface area contributed by atoms with Crippen molar-refractivity contribution >= 4 is 5.91 Å². The summed E-state index contributed by atoms with van der Waals surface area (Å²) in [5.74, 6) is 2.29. The number of piperidine rings is 1. The molecule has 0 saturated carbocycles. The quantitative estimate of drug-likeness (QED) is 0.679. The van der Waals surface area contributed by atoms with Crippen molar-refractivity contribution in [3.8, 4) is 5.75 Å². The van der Waals surface area contributed by atoms with Crippen molar-refractivity contribution in [2.75, 3.05) is 20.2 Å². The van der Waals surface area contributed by atoms with Crippen molar-refractivity contribution in [2.45, 2.75) is 25.2 Å². The van der Waals surface area contributed by atoms with Crippen LogP contribution in [0.5, 0.6) is 5.75 Å². The lowest BCUT2D eigenvalue weighted by Crippen LogP contribution is -2.39. The Bertz CT molecular complexity index is 942. The van der Waals surface area contributed by atoms with Crippen molar-refractivity contribution in [2.24, 2.45) is 0 Å². The van der Waals surface area contributed by atoms with Crippen LogP contribution in [0.2, 0.25) is 0 Å². The Morgan fingerprint density at radius 2 is 2.18 bits per heavy atom. The molecule has 144 valence electrons. The Morgan fingerprint density at radius 1 is 1.29 bits per heavy atom. The molecule has 0 N–H and O–H groups in total. The van der Waals surface area contributed by atoms with Crippen LogP contribution >= 0.6 is 0 Å². The van der Waals surface area contributed by atoms with Gasteiger partial charge < -0.3 is 14.1 Å². The van der Waals surface area contributed by atoms with Crippen molar-refractivity contribution in [1.29, 1.82) is 0 Å². The second-order valence-corrected chi connectivity index (χ2v) is 6.85. The van der Waals surface area contributed by atoms with Crippen molar-refractivity contribution in [3.05, 3.63) is 71.7 Å². The van der Waals surface area contributed by atoms with Gasteiger partial charge in [-0.2, -0.15) is 5.10 Å². The van der Waals surface area contributed by atoms with E-state index in [0.29, 0.717) is 31.1 Å². The SMILES string of the molecule is COc1ccccc1Cc1cnc([C@@H]2CCCN(C(=O)c3cccnn3)C2)o1. The molecule has 7 nitrogen and oxygen atoms in total. The lowest BCUT2D eigenvalue weighted by Gasteiger charge is -2.30. The number of oxazole rings is 1. The number of rotatable bonds is 5. The molecule has 0 aliphatic carbocycles. The summed E-state index contributed by atoms with van der Waals surface area (Å²) in [6.45, 7) is 1.28. The lowest BCUT2D eigenvalue weighted by atomic mass is 9.97. The molecule has 0 radical (unpaired) electrons. The van der Waals surface area contributed by atoms with Gasteiger partial charge in [0.2, 0.25) is 0 Å². The molecule has 1 amide bonds. The first kappa shape index (κ1) is 18.2. The molecule has 1 aromatic carbocycles. The highest BCUT2D eigenvalue weighted by Gasteiger charge is 2.29. The Morgan fingerprint density at radius 3 is 3.00 bits per heavy atom. The van der Waals surface area contributed by atoms with Gasteiger partial charge in [0.1, 0.15) is 11.5 Å². The largest absolute Gasteiger partial charge is 0.496 e. The highest BCUT2D eigenvalue weighted by atomic mass is 16.5. The number of aromatic nitrogens is 3. The molecule has 1 saturated heterocycles. The molecule has 1 atom stereocenters. The topological polar surface area (TPSA) is 81.4 Å². The van der Waals surface area contributed by atoms with Gasteiger partial charge in [-0.1, -0.05) is 18.2 Å².